The van der Waals surface area contributed by atoms with Crippen LogP contribution in [0.25, 0.3) is 0 Å². The lowest BCUT2D eigenvalue weighted by atomic mass is 10.1. The average molecular weight is 524 g/mol. The molecule has 2 N–H and O–H groups in total. The van der Waals surface area contributed by atoms with Crippen molar-refractivity contribution in [2.45, 2.75) is 18.7 Å². The Balaban J connectivity index is 1.65. The van der Waals surface area contributed by atoms with E-state index in [-0.39, 0.29) is 23.2 Å². The molecule has 3 rings (SSSR count). The number of amides is 2. The van der Waals surface area contributed by atoms with E-state index in [2.05, 4.69) is 15.4 Å². The molecule has 0 heterocycles. The fourth-order valence-corrected chi connectivity index (χ4v) is 2.76. The number of hydrogen-bond acceptors (Lipinski definition) is 3. The van der Waals surface area contributed by atoms with Crippen LogP contribution in [0.1, 0.15) is 11.1 Å². The van der Waals surface area contributed by atoms with Gasteiger partial charge in [-0.3, -0.25) is 0 Å². The molecule has 0 aliphatic carbocycles. The third-order valence-corrected chi connectivity index (χ3v) is 4.25. The first kappa shape index (κ1) is 26.5. The van der Waals surface area contributed by atoms with Crippen molar-refractivity contribution in [1.82, 2.24) is 0 Å². The number of alkyl halides is 9. The van der Waals surface area contributed by atoms with Gasteiger partial charge in [-0.1, -0.05) is 0 Å². The second kappa shape index (κ2) is 9.87. The van der Waals surface area contributed by atoms with Gasteiger partial charge in [0.1, 0.15) is 17.2 Å². The highest BCUT2D eigenvalue weighted by atomic mass is 19.4. The van der Waals surface area contributed by atoms with E-state index >= 15 is 0 Å². The van der Waals surface area contributed by atoms with Gasteiger partial charge in [-0.05, 0) is 66.7 Å². The summed E-state index contributed by atoms with van der Waals surface area (Å²) in [5.74, 6) is -1.31. The van der Waals surface area contributed by atoms with Gasteiger partial charge in [0.2, 0.25) is 0 Å². The predicted octanol–water partition coefficient (Wildman–Crippen LogP) is 8.06. The summed E-state index contributed by atoms with van der Waals surface area (Å²) in [7, 11) is 0. The lowest BCUT2D eigenvalue weighted by molar-refractivity contribution is -0.274. The van der Waals surface area contributed by atoms with Crippen LogP contribution in [-0.2, 0) is 12.4 Å². The quantitative estimate of drug-likeness (QED) is 0.332. The molecule has 3 aromatic carbocycles. The van der Waals surface area contributed by atoms with Gasteiger partial charge in [-0.2, -0.15) is 26.3 Å². The van der Waals surface area contributed by atoms with Gasteiger partial charge in [0.15, 0.2) is 0 Å². The van der Waals surface area contributed by atoms with Gasteiger partial charge in [0.05, 0.1) is 11.1 Å². The topological polar surface area (TPSA) is 59.6 Å². The highest BCUT2D eigenvalue weighted by Crippen LogP contribution is 2.39. The largest absolute Gasteiger partial charge is 0.573 e. The number of ether oxygens (including phenoxy) is 2. The lowest BCUT2D eigenvalue weighted by Crippen LogP contribution is -2.19. The third-order valence-electron chi connectivity index (χ3n) is 4.25. The van der Waals surface area contributed by atoms with E-state index in [1.807, 2.05) is 0 Å². The zero-order valence-corrected chi connectivity index (χ0v) is 17.5. The summed E-state index contributed by atoms with van der Waals surface area (Å²) < 4.78 is 123. The lowest BCUT2D eigenvalue weighted by Gasteiger charge is -2.15. The Kier molecular flexibility index (Phi) is 7.27. The van der Waals surface area contributed by atoms with Crippen LogP contribution in [0.5, 0.6) is 17.2 Å². The molecule has 0 aliphatic heterocycles. The van der Waals surface area contributed by atoms with Crippen molar-refractivity contribution >= 4 is 17.4 Å². The van der Waals surface area contributed by atoms with Gasteiger partial charge in [0.25, 0.3) is 0 Å². The zero-order chi connectivity index (χ0) is 26.7. The Bertz CT molecular complexity index is 1170. The minimum absolute atomic E-state index is 0.0324. The smallest absolute Gasteiger partial charge is 0.457 e. The minimum atomic E-state index is -5.04. The number of rotatable bonds is 5. The number of nitrogens with one attached hydrogen (secondary N) is 2. The maximum Gasteiger partial charge on any atom is 0.573 e. The molecular formula is C22H13F9N2O3. The molecular weight excluding hydrogens is 511 g/mol. The SMILES string of the molecule is O=C(Nc1ccc(Oc2cc(C(F)(F)F)cc(C(F)(F)F)c2)cc1)Nc1ccc(OC(F)(F)F)cc1. The number of carbonyl (C=O) groups is 1. The van der Waals surface area contributed by atoms with E-state index in [0.29, 0.717) is 12.1 Å². The fraction of sp³-hybridized carbons (Fsp3) is 0.136. The van der Waals surface area contributed by atoms with E-state index in [4.69, 9.17) is 4.74 Å². The summed E-state index contributed by atoms with van der Waals surface area (Å²) in [5, 5.41) is 4.72. The fourth-order valence-electron chi connectivity index (χ4n) is 2.76. The number of benzene rings is 3. The number of halogens is 9. The van der Waals surface area contributed by atoms with Crippen molar-refractivity contribution in [3.05, 3.63) is 77.9 Å². The summed E-state index contributed by atoms with van der Waals surface area (Å²) in [6, 6.07) is 9.17. The zero-order valence-electron chi connectivity index (χ0n) is 17.5. The summed E-state index contributed by atoms with van der Waals surface area (Å²) in [6.45, 7) is 0. The Morgan fingerprint density at radius 2 is 1.00 bits per heavy atom. The predicted molar refractivity (Wildman–Crippen MR) is 109 cm³/mol. The first-order chi connectivity index (χ1) is 16.6. The van der Waals surface area contributed by atoms with Crippen LogP contribution in [0.15, 0.2) is 66.7 Å². The van der Waals surface area contributed by atoms with Crippen molar-refractivity contribution in [2.75, 3.05) is 10.6 Å². The van der Waals surface area contributed by atoms with E-state index < -0.39 is 47.4 Å². The normalized spacial score (nSPS) is 12.1. The molecule has 0 spiro atoms. The van der Waals surface area contributed by atoms with Crippen LogP contribution >= 0.6 is 0 Å². The first-order valence-corrected chi connectivity index (χ1v) is 9.60. The number of anilines is 2. The molecule has 0 bridgehead atoms. The van der Waals surface area contributed by atoms with Crippen LogP contribution in [0, 0.1) is 0 Å². The van der Waals surface area contributed by atoms with Crippen LogP contribution in [0.2, 0.25) is 0 Å². The highest BCUT2D eigenvalue weighted by Gasteiger charge is 2.37. The summed E-state index contributed by atoms with van der Waals surface area (Å²) in [4.78, 5) is 12.1. The maximum atomic E-state index is 13.0. The van der Waals surface area contributed by atoms with Gasteiger partial charge in [0, 0.05) is 11.4 Å². The van der Waals surface area contributed by atoms with Gasteiger partial charge >= 0.3 is 24.7 Å². The van der Waals surface area contributed by atoms with E-state index in [0.717, 1.165) is 24.3 Å². The Labute approximate surface area is 196 Å². The average Bonchev–Trinajstić information content (AvgIpc) is 2.74. The van der Waals surface area contributed by atoms with Crippen LogP contribution in [-0.4, -0.2) is 12.4 Å². The first-order valence-electron chi connectivity index (χ1n) is 9.60. The van der Waals surface area contributed by atoms with Crippen molar-refractivity contribution in [2.24, 2.45) is 0 Å². The molecule has 0 saturated carbocycles. The minimum Gasteiger partial charge on any atom is -0.457 e. The summed E-state index contributed by atoms with van der Waals surface area (Å²) in [6.07, 6.45) is -14.9. The Morgan fingerprint density at radius 3 is 1.39 bits per heavy atom. The molecule has 0 saturated heterocycles. The van der Waals surface area contributed by atoms with E-state index in [1.165, 1.54) is 24.3 Å². The molecule has 0 unspecified atom stereocenters. The van der Waals surface area contributed by atoms with Crippen molar-refractivity contribution in [1.29, 1.82) is 0 Å². The van der Waals surface area contributed by atoms with Gasteiger partial charge < -0.3 is 20.1 Å². The second-order valence-corrected chi connectivity index (χ2v) is 7.02. The molecule has 2 amide bonds. The van der Waals surface area contributed by atoms with Crippen molar-refractivity contribution in [3.63, 3.8) is 0 Å². The molecule has 5 nitrogen and oxygen atoms in total. The standard InChI is InChI=1S/C22H13F9N2O3/c23-20(24,25)12-9-13(21(26,27)28)11-18(10-12)35-16-5-1-14(2-6-16)32-19(34)33-15-3-7-17(8-4-15)36-22(29,30)31/h1-11H,(H2,32,33,34). The number of hydrogen-bond donors (Lipinski definition) is 2. The molecule has 3 aromatic rings. The molecule has 192 valence electrons. The molecule has 0 fully saturated rings. The third kappa shape index (κ3) is 7.71. The molecule has 0 aromatic heterocycles. The second-order valence-electron chi connectivity index (χ2n) is 7.02. The molecule has 0 aliphatic rings. The van der Waals surface area contributed by atoms with Gasteiger partial charge in [-0.25, -0.2) is 4.79 Å². The van der Waals surface area contributed by atoms with Gasteiger partial charge in [-0.15, -0.1) is 13.2 Å². The molecule has 36 heavy (non-hydrogen) atoms. The van der Waals surface area contributed by atoms with Crippen LogP contribution in [0.4, 0.5) is 55.7 Å². The van der Waals surface area contributed by atoms with E-state index in [1.54, 1.807) is 0 Å². The molecule has 14 heteroatoms. The number of carbonyl (C=O) groups excluding carboxylic acids is 1. The monoisotopic (exact) mass is 524 g/mol. The highest BCUT2D eigenvalue weighted by molar-refractivity contribution is 5.99. The molecule has 0 radical (unpaired) electrons. The summed E-state index contributed by atoms with van der Waals surface area (Å²) in [5.41, 5.74) is -2.79. The molecule has 0 atom stereocenters. The van der Waals surface area contributed by atoms with Crippen molar-refractivity contribution in [3.8, 4) is 17.2 Å². The van der Waals surface area contributed by atoms with Crippen molar-refractivity contribution < 1.29 is 53.8 Å². The Morgan fingerprint density at radius 1 is 0.583 bits per heavy atom. The summed E-state index contributed by atoms with van der Waals surface area (Å²) >= 11 is 0. The van der Waals surface area contributed by atoms with E-state index in [9.17, 15) is 44.3 Å². The maximum absolute atomic E-state index is 13.0. The Hall–Kier alpha value is -4.10. The van der Waals surface area contributed by atoms with Crippen LogP contribution in [0.3, 0.4) is 0 Å². The number of urea groups is 1. The van der Waals surface area contributed by atoms with Crippen LogP contribution < -0.4 is 20.1 Å².